The maximum absolute atomic E-state index is 12.0. The van der Waals surface area contributed by atoms with Gasteiger partial charge in [0.05, 0.1) is 5.56 Å². The minimum Gasteiger partial charge on any atom is -0.768 e. The van der Waals surface area contributed by atoms with Gasteiger partial charge in [0, 0.05) is 4.90 Å². The molecule has 0 aliphatic carbocycles. The predicted molar refractivity (Wildman–Crippen MR) is 38.6 cm³/mol. The van der Waals surface area contributed by atoms with E-state index in [4.69, 9.17) is 0 Å². The Morgan fingerprint density at radius 2 is 1.86 bits per heavy atom. The number of benzene rings is 1. The molecule has 0 bridgehead atoms. The number of alkyl halides is 3. The molecule has 0 heterocycles. The van der Waals surface area contributed by atoms with Gasteiger partial charge in [0.25, 0.3) is 0 Å². The van der Waals surface area contributed by atoms with Crippen LogP contribution in [0.15, 0.2) is 29.2 Å². The summed E-state index contributed by atoms with van der Waals surface area (Å²) in [7, 11) is 0. The SMILES string of the molecule is O=S([O-])c1cccc(C(F)(F)F)c1.[Na+]. The van der Waals surface area contributed by atoms with Crippen molar-refractivity contribution in [3.05, 3.63) is 29.8 Å². The van der Waals surface area contributed by atoms with Crippen molar-refractivity contribution in [2.45, 2.75) is 11.1 Å². The van der Waals surface area contributed by atoms with Crippen LogP contribution in [0, 0.1) is 0 Å². The third-order valence-corrected chi connectivity index (χ3v) is 1.99. The quantitative estimate of drug-likeness (QED) is 0.458. The van der Waals surface area contributed by atoms with E-state index < -0.39 is 22.8 Å². The zero-order chi connectivity index (χ0) is 10.1. The van der Waals surface area contributed by atoms with Crippen molar-refractivity contribution in [2.75, 3.05) is 0 Å². The fourth-order valence-electron chi connectivity index (χ4n) is 0.776. The fraction of sp³-hybridized carbons (Fsp3) is 0.143. The van der Waals surface area contributed by atoms with Crippen molar-refractivity contribution in [3.63, 3.8) is 0 Å². The third kappa shape index (κ3) is 3.70. The van der Waals surface area contributed by atoms with Gasteiger partial charge in [-0.05, 0) is 29.3 Å². The first-order chi connectivity index (χ1) is 5.91. The molecule has 0 amide bonds. The Morgan fingerprint density at radius 3 is 2.29 bits per heavy atom. The summed E-state index contributed by atoms with van der Waals surface area (Å²) in [6.07, 6.45) is -4.50. The Balaban J connectivity index is 0.00000169. The summed E-state index contributed by atoms with van der Waals surface area (Å²) in [5.74, 6) is 0. The van der Waals surface area contributed by atoms with Crippen molar-refractivity contribution < 1.29 is 51.5 Å². The summed E-state index contributed by atoms with van der Waals surface area (Å²) >= 11 is -2.62. The first-order valence-corrected chi connectivity index (χ1v) is 4.25. The van der Waals surface area contributed by atoms with Crippen LogP contribution in [0.4, 0.5) is 13.2 Å². The molecule has 2 nitrogen and oxygen atoms in total. The minimum atomic E-state index is -4.50. The summed E-state index contributed by atoms with van der Waals surface area (Å²) in [5.41, 5.74) is -0.964. The van der Waals surface area contributed by atoms with E-state index in [0.717, 1.165) is 18.2 Å². The minimum absolute atomic E-state index is 0. The molecular formula is C7H4F3NaO2S. The van der Waals surface area contributed by atoms with Gasteiger partial charge in [0.15, 0.2) is 0 Å². The van der Waals surface area contributed by atoms with Crippen LogP contribution in [0.3, 0.4) is 0 Å². The van der Waals surface area contributed by atoms with Crippen LogP contribution in [0.25, 0.3) is 0 Å². The van der Waals surface area contributed by atoms with Crippen LogP contribution in [0.1, 0.15) is 5.56 Å². The van der Waals surface area contributed by atoms with E-state index in [1.165, 1.54) is 0 Å². The summed E-state index contributed by atoms with van der Waals surface area (Å²) < 4.78 is 56.7. The summed E-state index contributed by atoms with van der Waals surface area (Å²) in [4.78, 5) is -0.366. The molecule has 0 fully saturated rings. The molecule has 0 saturated carbocycles. The van der Waals surface area contributed by atoms with Gasteiger partial charge in [0.2, 0.25) is 0 Å². The molecule has 1 rings (SSSR count). The van der Waals surface area contributed by atoms with Gasteiger partial charge in [-0.25, -0.2) is 0 Å². The molecule has 0 spiro atoms. The van der Waals surface area contributed by atoms with E-state index >= 15 is 0 Å². The molecule has 0 aliphatic heterocycles. The van der Waals surface area contributed by atoms with E-state index in [9.17, 15) is 21.9 Å². The van der Waals surface area contributed by atoms with Crippen LogP contribution in [0.5, 0.6) is 0 Å². The molecule has 0 N–H and O–H groups in total. The molecule has 1 aromatic carbocycles. The second-order valence-corrected chi connectivity index (χ2v) is 3.20. The molecule has 14 heavy (non-hydrogen) atoms. The van der Waals surface area contributed by atoms with Gasteiger partial charge in [-0.2, -0.15) is 13.2 Å². The number of hydrogen-bond donors (Lipinski definition) is 0. The van der Waals surface area contributed by atoms with E-state index in [2.05, 4.69) is 0 Å². The van der Waals surface area contributed by atoms with Gasteiger partial charge < -0.3 is 4.55 Å². The van der Waals surface area contributed by atoms with Crippen molar-refractivity contribution in [2.24, 2.45) is 0 Å². The second kappa shape index (κ2) is 5.27. The van der Waals surface area contributed by atoms with E-state index in [-0.39, 0.29) is 34.5 Å². The molecule has 1 aromatic rings. The Morgan fingerprint density at radius 1 is 1.29 bits per heavy atom. The zero-order valence-electron chi connectivity index (χ0n) is 7.17. The van der Waals surface area contributed by atoms with Crippen LogP contribution >= 0.6 is 0 Å². The van der Waals surface area contributed by atoms with Crippen LogP contribution in [-0.4, -0.2) is 8.76 Å². The molecule has 1 unspecified atom stereocenters. The average molecular weight is 232 g/mol. The Labute approximate surface area is 103 Å². The fourth-order valence-corrected chi connectivity index (χ4v) is 1.19. The molecule has 0 aliphatic rings. The van der Waals surface area contributed by atoms with Gasteiger partial charge >= 0.3 is 35.7 Å². The maximum atomic E-state index is 12.0. The van der Waals surface area contributed by atoms with Crippen molar-refractivity contribution in [1.82, 2.24) is 0 Å². The molecule has 1 atom stereocenters. The average Bonchev–Trinajstić information content (AvgIpc) is 2.03. The van der Waals surface area contributed by atoms with E-state index in [1.54, 1.807) is 0 Å². The van der Waals surface area contributed by atoms with Crippen molar-refractivity contribution >= 4 is 11.1 Å². The second-order valence-electron chi connectivity index (χ2n) is 2.26. The zero-order valence-corrected chi connectivity index (χ0v) is 9.98. The monoisotopic (exact) mass is 232 g/mol. The van der Waals surface area contributed by atoms with Crippen LogP contribution in [-0.2, 0) is 17.3 Å². The summed E-state index contributed by atoms with van der Waals surface area (Å²) in [6, 6.07) is 3.55. The molecular weight excluding hydrogens is 228 g/mol. The standard InChI is InChI=1S/C7H5F3O2S.Na/c8-7(9,10)5-2-1-3-6(4-5)13(11)12;/h1-4H,(H,11,12);/q;+1/p-1. The molecule has 0 aromatic heterocycles. The first-order valence-electron chi connectivity index (χ1n) is 3.18. The van der Waals surface area contributed by atoms with E-state index in [1.807, 2.05) is 0 Å². The van der Waals surface area contributed by atoms with Crippen molar-refractivity contribution in [1.29, 1.82) is 0 Å². The summed E-state index contributed by atoms with van der Waals surface area (Å²) in [6.45, 7) is 0. The Kier molecular flexibility index (Phi) is 5.32. The summed E-state index contributed by atoms with van der Waals surface area (Å²) in [5, 5.41) is 0. The normalized spacial score (nSPS) is 13.1. The molecule has 0 radical (unpaired) electrons. The number of hydrogen-bond acceptors (Lipinski definition) is 2. The van der Waals surface area contributed by atoms with Gasteiger partial charge in [-0.3, -0.25) is 4.21 Å². The van der Waals surface area contributed by atoms with Crippen LogP contribution in [0.2, 0.25) is 0 Å². The van der Waals surface area contributed by atoms with Crippen LogP contribution < -0.4 is 29.6 Å². The third-order valence-electron chi connectivity index (χ3n) is 1.35. The van der Waals surface area contributed by atoms with Gasteiger partial charge in [0.1, 0.15) is 0 Å². The molecule has 0 saturated heterocycles. The van der Waals surface area contributed by atoms with Crippen molar-refractivity contribution in [3.8, 4) is 0 Å². The molecule has 72 valence electrons. The Hall–Kier alpha value is 0.120. The van der Waals surface area contributed by atoms with Gasteiger partial charge in [-0.15, -0.1) is 0 Å². The molecule has 7 heteroatoms. The predicted octanol–water partition coefficient (Wildman–Crippen LogP) is -1.05. The number of rotatable bonds is 1. The smallest absolute Gasteiger partial charge is 0.768 e. The largest absolute Gasteiger partial charge is 1.00 e. The maximum Gasteiger partial charge on any atom is 1.00 e. The topological polar surface area (TPSA) is 40.1 Å². The number of halogens is 3. The Bertz CT molecular complexity index is 340. The first kappa shape index (κ1) is 14.1. The van der Waals surface area contributed by atoms with E-state index in [0.29, 0.717) is 6.07 Å². The van der Waals surface area contributed by atoms with Gasteiger partial charge in [-0.1, -0.05) is 6.07 Å².